The lowest BCUT2D eigenvalue weighted by Crippen LogP contribution is -2.37. The summed E-state index contributed by atoms with van der Waals surface area (Å²) in [6.45, 7) is 6.45. The molecule has 120 valence electrons. The van der Waals surface area contributed by atoms with Gasteiger partial charge in [0.1, 0.15) is 17.1 Å². The number of aliphatic imine (C=N–C) groups is 1. The molecule has 6 heteroatoms. The number of amidine groups is 1. The van der Waals surface area contributed by atoms with E-state index in [0.29, 0.717) is 18.8 Å². The number of rotatable bonds is 5. The van der Waals surface area contributed by atoms with E-state index in [1.807, 2.05) is 11.9 Å². The Bertz CT molecular complexity index is 581. The van der Waals surface area contributed by atoms with E-state index < -0.39 is 17.8 Å². The van der Waals surface area contributed by atoms with Crippen LogP contribution in [0.15, 0.2) is 35.8 Å². The molecule has 0 radical (unpaired) electrons. The van der Waals surface area contributed by atoms with E-state index in [9.17, 15) is 13.2 Å². The standard InChI is InChI=1S/C16H19F3N2O/c1-4-6-13(15-20-9-10-21(15)3)22-12-8-5-7-11(2)14(12)16(17,18)19/h4-5,7-8,13H,1,6,9-10H2,2-3H3. The molecule has 0 saturated heterocycles. The van der Waals surface area contributed by atoms with Gasteiger partial charge in [0.25, 0.3) is 0 Å². The minimum absolute atomic E-state index is 0.143. The lowest BCUT2D eigenvalue weighted by Gasteiger charge is -2.25. The van der Waals surface area contributed by atoms with Crippen LogP contribution in [0.3, 0.4) is 0 Å². The summed E-state index contributed by atoms with van der Waals surface area (Å²) < 4.78 is 45.5. The SMILES string of the molecule is C=CCC(Oc1cccc(C)c1C(F)(F)F)C1=NCCN1C. The summed E-state index contributed by atoms with van der Waals surface area (Å²) in [5.41, 5.74) is -0.589. The fourth-order valence-corrected chi connectivity index (χ4v) is 2.51. The van der Waals surface area contributed by atoms with Gasteiger partial charge in [0.05, 0.1) is 6.54 Å². The van der Waals surface area contributed by atoms with Crippen molar-refractivity contribution in [3.8, 4) is 5.75 Å². The number of halogens is 3. The van der Waals surface area contributed by atoms with Crippen molar-refractivity contribution in [1.29, 1.82) is 0 Å². The molecule has 0 fully saturated rings. The second-order valence-electron chi connectivity index (χ2n) is 5.24. The first-order valence-corrected chi connectivity index (χ1v) is 7.04. The van der Waals surface area contributed by atoms with E-state index >= 15 is 0 Å². The van der Waals surface area contributed by atoms with Crippen LogP contribution >= 0.6 is 0 Å². The number of benzene rings is 1. The Hall–Kier alpha value is -1.98. The molecule has 1 heterocycles. The van der Waals surface area contributed by atoms with E-state index in [2.05, 4.69) is 11.6 Å². The average Bonchev–Trinajstić information content (AvgIpc) is 2.83. The van der Waals surface area contributed by atoms with E-state index in [1.165, 1.54) is 19.1 Å². The Morgan fingerprint density at radius 1 is 1.45 bits per heavy atom. The molecule has 1 aliphatic rings. The molecular formula is C16H19F3N2O. The monoisotopic (exact) mass is 312 g/mol. The maximum Gasteiger partial charge on any atom is 0.420 e. The lowest BCUT2D eigenvalue weighted by molar-refractivity contribution is -0.139. The van der Waals surface area contributed by atoms with Crippen LogP contribution in [0.5, 0.6) is 5.75 Å². The molecular weight excluding hydrogens is 293 g/mol. The quantitative estimate of drug-likeness (QED) is 0.775. The number of alkyl halides is 3. The van der Waals surface area contributed by atoms with Crippen LogP contribution in [-0.4, -0.2) is 37.0 Å². The largest absolute Gasteiger partial charge is 0.482 e. The van der Waals surface area contributed by atoms with Crippen molar-refractivity contribution >= 4 is 5.84 Å². The normalized spacial score (nSPS) is 16.4. The predicted molar refractivity (Wildman–Crippen MR) is 80.3 cm³/mol. The second-order valence-corrected chi connectivity index (χ2v) is 5.24. The van der Waals surface area contributed by atoms with Gasteiger partial charge in [0, 0.05) is 20.0 Å². The van der Waals surface area contributed by atoms with Gasteiger partial charge in [-0.3, -0.25) is 4.99 Å². The zero-order chi connectivity index (χ0) is 16.3. The molecule has 2 rings (SSSR count). The van der Waals surface area contributed by atoms with Gasteiger partial charge in [0.2, 0.25) is 0 Å². The van der Waals surface area contributed by atoms with Crippen LogP contribution in [0.2, 0.25) is 0 Å². The van der Waals surface area contributed by atoms with Crippen molar-refractivity contribution in [3.05, 3.63) is 42.0 Å². The van der Waals surface area contributed by atoms with Gasteiger partial charge in [-0.2, -0.15) is 13.2 Å². The Balaban J connectivity index is 2.35. The highest BCUT2D eigenvalue weighted by molar-refractivity contribution is 5.88. The molecule has 0 amide bonds. The lowest BCUT2D eigenvalue weighted by atomic mass is 10.1. The average molecular weight is 312 g/mol. The predicted octanol–water partition coefficient (Wildman–Crippen LogP) is 3.68. The highest BCUT2D eigenvalue weighted by atomic mass is 19.4. The molecule has 22 heavy (non-hydrogen) atoms. The number of aryl methyl sites for hydroxylation is 1. The molecule has 0 spiro atoms. The number of likely N-dealkylation sites (N-methyl/N-ethyl adjacent to an activating group) is 1. The third-order valence-electron chi connectivity index (χ3n) is 3.56. The zero-order valence-electron chi connectivity index (χ0n) is 12.7. The van der Waals surface area contributed by atoms with Crippen molar-refractivity contribution in [2.75, 3.05) is 20.1 Å². The first-order valence-electron chi connectivity index (χ1n) is 7.04. The van der Waals surface area contributed by atoms with Crippen molar-refractivity contribution < 1.29 is 17.9 Å². The molecule has 3 nitrogen and oxygen atoms in total. The molecule has 1 atom stereocenters. The third-order valence-corrected chi connectivity index (χ3v) is 3.56. The summed E-state index contributed by atoms with van der Waals surface area (Å²) >= 11 is 0. The van der Waals surface area contributed by atoms with Gasteiger partial charge >= 0.3 is 6.18 Å². The summed E-state index contributed by atoms with van der Waals surface area (Å²) in [6.07, 6.45) is -2.99. The first-order chi connectivity index (χ1) is 10.3. The molecule has 0 aliphatic carbocycles. The maximum absolute atomic E-state index is 13.3. The van der Waals surface area contributed by atoms with Crippen molar-refractivity contribution in [2.24, 2.45) is 4.99 Å². The van der Waals surface area contributed by atoms with Crippen LogP contribution in [-0.2, 0) is 6.18 Å². The first kappa shape index (κ1) is 16.4. The van der Waals surface area contributed by atoms with Crippen molar-refractivity contribution in [2.45, 2.75) is 25.6 Å². The number of hydrogen-bond donors (Lipinski definition) is 0. The van der Waals surface area contributed by atoms with Crippen LogP contribution in [0.4, 0.5) is 13.2 Å². The Kier molecular flexibility index (Phi) is 4.78. The summed E-state index contributed by atoms with van der Waals surface area (Å²) in [4.78, 5) is 6.23. The topological polar surface area (TPSA) is 24.8 Å². The van der Waals surface area contributed by atoms with E-state index in [0.717, 1.165) is 6.54 Å². The van der Waals surface area contributed by atoms with Crippen molar-refractivity contribution in [3.63, 3.8) is 0 Å². The molecule has 0 N–H and O–H groups in total. The highest BCUT2D eigenvalue weighted by Crippen LogP contribution is 2.39. The smallest absolute Gasteiger partial charge is 0.420 e. The number of nitrogens with zero attached hydrogens (tertiary/aromatic N) is 2. The molecule has 1 aromatic carbocycles. The molecule has 1 unspecified atom stereocenters. The fourth-order valence-electron chi connectivity index (χ4n) is 2.51. The van der Waals surface area contributed by atoms with Gasteiger partial charge in [-0.1, -0.05) is 18.2 Å². The Morgan fingerprint density at radius 2 is 2.18 bits per heavy atom. The number of ether oxygens (including phenoxy) is 1. The van der Waals surface area contributed by atoms with Gasteiger partial charge in [0.15, 0.2) is 6.10 Å². The van der Waals surface area contributed by atoms with E-state index in [-0.39, 0.29) is 11.3 Å². The van der Waals surface area contributed by atoms with Gasteiger partial charge in [-0.25, -0.2) is 0 Å². The Morgan fingerprint density at radius 3 is 2.73 bits per heavy atom. The highest BCUT2D eigenvalue weighted by Gasteiger charge is 2.37. The molecule has 0 saturated carbocycles. The minimum atomic E-state index is -4.46. The molecule has 0 aromatic heterocycles. The second kappa shape index (κ2) is 6.42. The van der Waals surface area contributed by atoms with Crippen LogP contribution < -0.4 is 4.74 Å². The number of hydrogen-bond acceptors (Lipinski definition) is 3. The van der Waals surface area contributed by atoms with E-state index in [1.54, 1.807) is 12.1 Å². The minimum Gasteiger partial charge on any atom is -0.482 e. The molecule has 0 bridgehead atoms. The summed E-state index contributed by atoms with van der Waals surface area (Å²) in [6, 6.07) is 4.34. The van der Waals surface area contributed by atoms with Crippen molar-refractivity contribution in [1.82, 2.24) is 4.90 Å². The van der Waals surface area contributed by atoms with Gasteiger partial charge in [-0.15, -0.1) is 6.58 Å². The van der Waals surface area contributed by atoms with Gasteiger partial charge < -0.3 is 9.64 Å². The van der Waals surface area contributed by atoms with Crippen LogP contribution in [0.1, 0.15) is 17.5 Å². The summed E-state index contributed by atoms with van der Waals surface area (Å²) in [5.74, 6) is 0.497. The fraction of sp³-hybridized carbons (Fsp3) is 0.438. The zero-order valence-corrected chi connectivity index (χ0v) is 12.7. The third kappa shape index (κ3) is 3.43. The van der Waals surface area contributed by atoms with E-state index in [4.69, 9.17) is 4.74 Å². The van der Waals surface area contributed by atoms with Crippen LogP contribution in [0, 0.1) is 6.92 Å². The molecule has 1 aliphatic heterocycles. The summed E-state index contributed by atoms with van der Waals surface area (Å²) in [7, 11) is 1.85. The maximum atomic E-state index is 13.3. The van der Waals surface area contributed by atoms with Crippen LogP contribution in [0.25, 0.3) is 0 Å². The van der Waals surface area contributed by atoms with Gasteiger partial charge in [-0.05, 0) is 18.6 Å². The molecule has 1 aromatic rings. The summed E-state index contributed by atoms with van der Waals surface area (Å²) in [5, 5.41) is 0. The Labute approximate surface area is 128 Å².